The van der Waals surface area contributed by atoms with E-state index in [1.165, 1.54) is 0 Å². The van der Waals surface area contributed by atoms with Crippen molar-refractivity contribution < 1.29 is 5.11 Å². The first-order valence-electron chi connectivity index (χ1n) is 5.28. The number of hydrogen-bond donors (Lipinski definition) is 1. The Morgan fingerprint density at radius 3 is 1.78 bits per heavy atom. The van der Waals surface area contributed by atoms with Crippen LogP contribution in [0.4, 0.5) is 5.69 Å². The first-order chi connectivity index (χ1) is 8.33. The van der Waals surface area contributed by atoms with Gasteiger partial charge in [0.2, 0.25) is 0 Å². The Hall–Kier alpha value is -1.82. The second kappa shape index (κ2) is 4.81. The number of rotatable bonds is 1. The molecule has 0 bridgehead atoms. The number of fused-ring (bicyclic) bond motifs is 3. The van der Waals surface area contributed by atoms with Gasteiger partial charge in [-0.05, 0) is 15.9 Å². The van der Waals surface area contributed by atoms with Gasteiger partial charge in [-0.2, -0.15) is 0 Å². The van der Waals surface area contributed by atoms with E-state index < -0.39 is 0 Å². The Morgan fingerprint density at radius 1 is 0.778 bits per heavy atom. The Morgan fingerprint density at radius 2 is 1.22 bits per heavy atom. The second-order valence-corrected chi connectivity index (χ2v) is 3.88. The molecule has 3 rings (SSSR count). The van der Waals surface area contributed by atoms with Crippen LogP contribution in [0.2, 0.25) is 0 Å². The second-order valence-electron chi connectivity index (χ2n) is 3.88. The molecule has 0 atom stereocenters. The summed E-state index contributed by atoms with van der Waals surface area (Å²) in [6, 6.07) is 14.9. The zero-order valence-electron chi connectivity index (χ0n) is 9.92. The van der Waals surface area contributed by atoms with Gasteiger partial charge in [-0.1, -0.05) is 48.5 Å². The predicted molar refractivity (Wildman–Crippen MR) is 74.3 cm³/mol. The Kier molecular flexibility index (Phi) is 3.38. The van der Waals surface area contributed by atoms with Crippen LogP contribution in [0.1, 0.15) is 0 Å². The molecule has 4 heteroatoms. The molecule has 0 heterocycles. The van der Waals surface area contributed by atoms with Crippen LogP contribution in [0, 0.1) is 4.91 Å². The van der Waals surface area contributed by atoms with Crippen LogP contribution in [-0.4, -0.2) is 24.0 Å². The van der Waals surface area contributed by atoms with Crippen LogP contribution in [-0.2, 0) is 0 Å². The summed E-state index contributed by atoms with van der Waals surface area (Å²) in [6.45, 7) is 0. The molecule has 0 saturated heterocycles. The van der Waals surface area contributed by atoms with Gasteiger partial charge in [0, 0.05) is 29.6 Å². The number of nitroso groups, excluding NO2 is 1. The van der Waals surface area contributed by atoms with Crippen molar-refractivity contribution in [2.75, 3.05) is 0 Å². The maximum atomic E-state index is 10.9. The van der Waals surface area contributed by atoms with Crippen LogP contribution >= 0.6 is 0 Å². The van der Waals surface area contributed by atoms with Gasteiger partial charge in [-0.15, -0.1) is 4.91 Å². The summed E-state index contributed by atoms with van der Waals surface area (Å²) in [7, 11) is 0. The molecule has 0 fully saturated rings. The minimum Gasteiger partial charge on any atom is -0.505 e. The van der Waals surface area contributed by atoms with Gasteiger partial charge in [0.15, 0.2) is 11.4 Å². The van der Waals surface area contributed by atoms with E-state index in [1.807, 2.05) is 36.4 Å². The van der Waals surface area contributed by atoms with Crippen molar-refractivity contribution in [2.45, 2.75) is 0 Å². The molecule has 3 aromatic rings. The number of nitrogens with zero attached hydrogens (tertiary/aromatic N) is 1. The van der Waals surface area contributed by atoms with E-state index in [0.29, 0.717) is 10.8 Å². The van der Waals surface area contributed by atoms with E-state index in [4.69, 9.17) is 0 Å². The largest absolute Gasteiger partial charge is 0.505 e. The van der Waals surface area contributed by atoms with Crippen molar-refractivity contribution in [3.05, 3.63) is 53.4 Å². The molecule has 1 N–H and O–H groups in total. The maximum absolute atomic E-state index is 10.9. The standard InChI is InChI=1S/C14H9NO2.Li/c16-14-12-8-4-2-6-10(12)9-5-1-3-7-11(9)13(14)15-17;/h1-8,16H;. The van der Waals surface area contributed by atoms with Crippen molar-refractivity contribution in [3.8, 4) is 5.75 Å². The third-order valence-electron chi connectivity index (χ3n) is 2.97. The smallest absolute Gasteiger partial charge is 0.158 e. The normalized spacial score (nSPS) is 10.2. The number of aromatic hydroxyl groups is 1. The van der Waals surface area contributed by atoms with Gasteiger partial charge in [-0.3, -0.25) is 0 Å². The molecule has 3 aromatic carbocycles. The first kappa shape index (κ1) is 12.6. The van der Waals surface area contributed by atoms with Gasteiger partial charge in [0.1, 0.15) is 0 Å². The fourth-order valence-corrected chi connectivity index (χ4v) is 2.20. The van der Waals surface area contributed by atoms with E-state index in [-0.39, 0.29) is 30.3 Å². The molecule has 0 spiro atoms. The SMILES string of the molecule is O=Nc1c(O)c2ccccc2c2ccccc12.[Li]. The van der Waals surface area contributed by atoms with Crippen LogP contribution in [0.25, 0.3) is 21.5 Å². The van der Waals surface area contributed by atoms with Crippen molar-refractivity contribution in [1.82, 2.24) is 0 Å². The average Bonchev–Trinajstić information content (AvgIpc) is 2.40. The first-order valence-corrected chi connectivity index (χ1v) is 5.28. The van der Waals surface area contributed by atoms with E-state index in [0.717, 1.165) is 10.8 Å². The van der Waals surface area contributed by atoms with Crippen molar-refractivity contribution in [2.24, 2.45) is 5.18 Å². The third-order valence-corrected chi connectivity index (χ3v) is 2.97. The Labute approximate surface area is 116 Å². The fourth-order valence-electron chi connectivity index (χ4n) is 2.20. The van der Waals surface area contributed by atoms with E-state index in [1.54, 1.807) is 12.1 Å². The zero-order chi connectivity index (χ0) is 11.8. The third kappa shape index (κ3) is 1.69. The summed E-state index contributed by atoms with van der Waals surface area (Å²) >= 11 is 0. The predicted octanol–water partition coefficient (Wildman–Crippen LogP) is 3.72. The van der Waals surface area contributed by atoms with Crippen LogP contribution in [0.5, 0.6) is 5.75 Å². The molecule has 0 unspecified atom stereocenters. The summed E-state index contributed by atoms with van der Waals surface area (Å²) < 4.78 is 0. The number of hydrogen-bond acceptors (Lipinski definition) is 3. The molecule has 0 aliphatic carbocycles. The minimum atomic E-state index is -0.0469. The molecule has 0 saturated carbocycles. The zero-order valence-corrected chi connectivity index (χ0v) is 9.92. The van der Waals surface area contributed by atoms with Crippen LogP contribution in [0.15, 0.2) is 53.7 Å². The summed E-state index contributed by atoms with van der Waals surface area (Å²) in [5, 5.41) is 16.2. The quantitative estimate of drug-likeness (QED) is 0.393. The fraction of sp³-hybridized carbons (Fsp3) is 0. The summed E-state index contributed by atoms with van der Waals surface area (Å²) in [6.07, 6.45) is 0. The molecule has 1 radical (unpaired) electrons. The van der Waals surface area contributed by atoms with Gasteiger partial charge in [-0.25, -0.2) is 0 Å². The molecule has 0 aliphatic heterocycles. The summed E-state index contributed by atoms with van der Waals surface area (Å²) in [4.78, 5) is 10.9. The molecule has 3 nitrogen and oxygen atoms in total. The monoisotopic (exact) mass is 230 g/mol. The number of phenolic OH excluding ortho intramolecular Hbond substituents is 1. The summed E-state index contributed by atoms with van der Waals surface area (Å²) in [5.74, 6) is -0.0469. The molecule has 0 aliphatic rings. The van der Waals surface area contributed by atoms with E-state index in [9.17, 15) is 10.0 Å². The average molecular weight is 230 g/mol. The van der Waals surface area contributed by atoms with Gasteiger partial charge in [0.25, 0.3) is 0 Å². The minimum absolute atomic E-state index is 0. The number of benzene rings is 3. The molecule has 0 aromatic heterocycles. The molecular weight excluding hydrogens is 221 g/mol. The van der Waals surface area contributed by atoms with E-state index >= 15 is 0 Å². The van der Waals surface area contributed by atoms with Crippen LogP contribution in [0.3, 0.4) is 0 Å². The Balaban J connectivity index is 0.00000120. The molecule has 18 heavy (non-hydrogen) atoms. The van der Waals surface area contributed by atoms with E-state index in [2.05, 4.69) is 5.18 Å². The molecule has 0 amide bonds. The number of phenols is 1. The topological polar surface area (TPSA) is 49.7 Å². The van der Waals surface area contributed by atoms with Crippen molar-refractivity contribution in [3.63, 3.8) is 0 Å². The maximum Gasteiger partial charge on any atom is 0.158 e. The van der Waals surface area contributed by atoms with Gasteiger partial charge >= 0.3 is 0 Å². The molecular formula is C14H9LiNO2. The van der Waals surface area contributed by atoms with Crippen molar-refractivity contribution in [1.29, 1.82) is 0 Å². The van der Waals surface area contributed by atoms with Gasteiger partial charge < -0.3 is 5.11 Å². The Bertz CT molecular complexity index is 740. The summed E-state index contributed by atoms with van der Waals surface area (Å²) in [5.41, 5.74) is 0.110. The van der Waals surface area contributed by atoms with Crippen LogP contribution < -0.4 is 0 Å². The van der Waals surface area contributed by atoms with Gasteiger partial charge in [0.05, 0.1) is 0 Å². The molecule has 83 valence electrons. The van der Waals surface area contributed by atoms with Crippen molar-refractivity contribution >= 4 is 46.1 Å².